The molecule has 1 aliphatic rings. The highest BCUT2D eigenvalue weighted by molar-refractivity contribution is 7.11. The van der Waals surface area contributed by atoms with E-state index in [1.54, 1.807) is 11.3 Å². The lowest BCUT2D eigenvalue weighted by molar-refractivity contribution is -0.127. The van der Waals surface area contributed by atoms with E-state index >= 15 is 0 Å². The average Bonchev–Trinajstić information content (AvgIpc) is 2.85. The summed E-state index contributed by atoms with van der Waals surface area (Å²) in [6.07, 6.45) is 7.05. The largest absolute Gasteiger partial charge is 0.355 e. The zero-order chi connectivity index (χ0) is 14.5. The monoisotopic (exact) mass is 300 g/mol. The van der Waals surface area contributed by atoms with Gasteiger partial charge in [0.25, 0.3) is 0 Å². The highest BCUT2D eigenvalue weighted by Gasteiger charge is 2.24. The van der Waals surface area contributed by atoms with Crippen LogP contribution in [-0.4, -0.2) is 17.4 Å². The lowest BCUT2D eigenvalue weighted by Gasteiger charge is -2.23. The molecular formula is C17H20N2OS. The molecule has 2 aromatic rings. The number of nitrogens with zero attached hydrogens (tertiary/aromatic N) is 1. The first-order chi connectivity index (χ1) is 10.3. The summed E-state index contributed by atoms with van der Waals surface area (Å²) in [7, 11) is 0. The summed E-state index contributed by atoms with van der Waals surface area (Å²) in [6, 6.07) is 10.4. The molecule has 1 N–H and O–H groups in total. The number of hydrogen-bond acceptors (Lipinski definition) is 3. The zero-order valence-electron chi connectivity index (χ0n) is 12.0. The number of benzene rings is 1. The molecule has 0 saturated heterocycles. The third kappa shape index (κ3) is 3.91. The van der Waals surface area contributed by atoms with Crippen molar-refractivity contribution >= 4 is 17.2 Å². The van der Waals surface area contributed by atoms with Gasteiger partial charge < -0.3 is 5.32 Å². The molecule has 0 unspecified atom stereocenters. The molecule has 0 spiro atoms. The van der Waals surface area contributed by atoms with Crippen LogP contribution in [0.25, 0.3) is 0 Å². The van der Waals surface area contributed by atoms with E-state index in [1.165, 1.54) is 16.9 Å². The molecule has 0 atom stereocenters. The van der Waals surface area contributed by atoms with Gasteiger partial charge >= 0.3 is 0 Å². The molecule has 3 nitrogen and oxygen atoms in total. The van der Waals surface area contributed by atoms with Gasteiger partial charge in [-0.2, -0.15) is 0 Å². The number of carbonyl (C=O) groups is 1. The number of nitrogens with one attached hydrogen (secondary N) is 1. The van der Waals surface area contributed by atoms with E-state index in [0.717, 1.165) is 30.7 Å². The second kappa shape index (κ2) is 6.85. The Labute approximate surface area is 129 Å². The first-order valence-electron chi connectivity index (χ1n) is 7.56. The van der Waals surface area contributed by atoms with E-state index in [-0.39, 0.29) is 11.8 Å². The molecule has 110 valence electrons. The molecule has 1 aromatic carbocycles. The van der Waals surface area contributed by atoms with Crippen LogP contribution in [-0.2, 0) is 17.6 Å². The molecule has 1 aliphatic carbocycles. The first kappa shape index (κ1) is 14.3. The maximum Gasteiger partial charge on any atom is 0.223 e. The third-order valence-electron chi connectivity index (χ3n) is 3.94. The van der Waals surface area contributed by atoms with Gasteiger partial charge in [-0.3, -0.25) is 4.79 Å². The fraction of sp³-hybridized carbons (Fsp3) is 0.412. The number of amides is 1. The summed E-state index contributed by atoms with van der Waals surface area (Å²) in [5.74, 6) is 0.497. The van der Waals surface area contributed by atoms with E-state index in [0.29, 0.717) is 6.54 Å². The molecule has 1 amide bonds. The minimum atomic E-state index is 0.224. The Balaban J connectivity index is 1.45. The number of thiazole rings is 1. The van der Waals surface area contributed by atoms with Crippen LogP contribution in [0.4, 0.5) is 0 Å². The molecular weight excluding hydrogens is 280 g/mol. The minimum absolute atomic E-state index is 0.224. The van der Waals surface area contributed by atoms with Gasteiger partial charge in [-0.1, -0.05) is 36.8 Å². The van der Waals surface area contributed by atoms with Crippen molar-refractivity contribution in [3.05, 3.63) is 52.0 Å². The Morgan fingerprint density at radius 2 is 2.10 bits per heavy atom. The van der Waals surface area contributed by atoms with Crippen LogP contribution in [0.15, 0.2) is 36.5 Å². The molecule has 1 fully saturated rings. The maximum atomic E-state index is 11.7. The summed E-state index contributed by atoms with van der Waals surface area (Å²) in [4.78, 5) is 17.5. The van der Waals surface area contributed by atoms with Crippen LogP contribution in [0.3, 0.4) is 0 Å². The zero-order valence-corrected chi connectivity index (χ0v) is 12.9. The van der Waals surface area contributed by atoms with Crippen molar-refractivity contribution in [3.63, 3.8) is 0 Å². The second-order valence-electron chi connectivity index (χ2n) is 5.55. The van der Waals surface area contributed by atoms with Gasteiger partial charge in [0.05, 0.1) is 5.01 Å². The summed E-state index contributed by atoms with van der Waals surface area (Å²) >= 11 is 1.75. The maximum absolute atomic E-state index is 11.7. The average molecular weight is 300 g/mol. The van der Waals surface area contributed by atoms with Crippen LogP contribution in [0.2, 0.25) is 0 Å². The van der Waals surface area contributed by atoms with Crippen molar-refractivity contribution in [3.8, 4) is 0 Å². The highest BCUT2D eigenvalue weighted by Crippen LogP contribution is 2.26. The number of aromatic nitrogens is 1. The van der Waals surface area contributed by atoms with Gasteiger partial charge in [0.2, 0.25) is 5.91 Å². The SMILES string of the molecule is O=C(NCCc1ncc(Cc2ccccc2)s1)C1CCC1. The quantitative estimate of drug-likeness (QED) is 0.890. The predicted octanol–water partition coefficient (Wildman–Crippen LogP) is 3.19. The molecule has 0 radical (unpaired) electrons. The third-order valence-corrected chi connectivity index (χ3v) is 4.99. The van der Waals surface area contributed by atoms with Gasteiger partial charge in [-0.05, 0) is 18.4 Å². The number of carbonyl (C=O) groups excluding carboxylic acids is 1. The summed E-state index contributed by atoms with van der Waals surface area (Å²) in [5.41, 5.74) is 1.31. The Kier molecular flexibility index (Phi) is 4.65. The van der Waals surface area contributed by atoms with Crippen molar-refractivity contribution in [2.75, 3.05) is 6.54 Å². The summed E-state index contributed by atoms with van der Waals surface area (Å²) < 4.78 is 0. The van der Waals surface area contributed by atoms with E-state index in [1.807, 2.05) is 12.3 Å². The lowest BCUT2D eigenvalue weighted by Crippen LogP contribution is -2.35. The van der Waals surface area contributed by atoms with E-state index < -0.39 is 0 Å². The molecule has 1 saturated carbocycles. The fourth-order valence-electron chi connectivity index (χ4n) is 2.45. The first-order valence-corrected chi connectivity index (χ1v) is 8.38. The van der Waals surface area contributed by atoms with Crippen molar-refractivity contribution < 1.29 is 4.79 Å². The molecule has 0 bridgehead atoms. The predicted molar refractivity (Wildman–Crippen MR) is 85.4 cm³/mol. The topological polar surface area (TPSA) is 42.0 Å². The normalized spacial score (nSPS) is 14.7. The van der Waals surface area contributed by atoms with Gasteiger partial charge in [0, 0.05) is 36.4 Å². The van der Waals surface area contributed by atoms with Crippen LogP contribution >= 0.6 is 11.3 Å². The van der Waals surface area contributed by atoms with Crippen LogP contribution < -0.4 is 5.32 Å². The van der Waals surface area contributed by atoms with Gasteiger partial charge in [0.15, 0.2) is 0 Å². The van der Waals surface area contributed by atoms with Gasteiger partial charge in [-0.15, -0.1) is 11.3 Å². The van der Waals surface area contributed by atoms with Gasteiger partial charge in [-0.25, -0.2) is 4.98 Å². The molecule has 1 heterocycles. The standard InChI is InChI=1S/C17H20N2OS/c20-17(14-7-4-8-14)18-10-9-16-19-12-15(21-16)11-13-5-2-1-3-6-13/h1-3,5-6,12,14H,4,7-11H2,(H,18,20). The van der Waals surface area contributed by atoms with E-state index in [2.05, 4.69) is 34.6 Å². The van der Waals surface area contributed by atoms with Crippen molar-refractivity contribution in [1.29, 1.82) is 0 Å². The van der Waals surface area contributed by atoms with Crippen molar-refractivity contribution in [2.45, 2.75) is 32.1 Å². The highest BCUT2D eigenvalue weighted by atomic mass is 32.1. The molecule has 1 aromatic heterocycles. The fourth-order valence-corrected chi connectivity index (χ4v) is 3.41. The molecule has 4 heteroatoms. The smallest absolute Gasteiger partial charge is 0.223 e. The second-order valence-corrected chi connectivity index (χ2v) is 6.75. The van der Waals surface area contributed by atoms with Crippen LogP contribution in [0, 0.1) is 5.92 Å². The Bertz CT molecular complexity index is 590. The summed E-state index contributed by atoms with van der Waals surface area (Å²) in [6.45, 7) is 0.702. The molecule has 21 heavy (non-hydrogen) atoms. The van der Waals surface area contributed by atoms with E-state index in [4.69, 9.17) is 0 Å². The Morgan fingerprint density at radius 1 is 1.29 bits per heavy atom. The van der Waals surface area contributed by atoms with Gasteiger partial charge in [0.1, 0.15) is 0 Å². The lowest BCUT2D eigenvalue weighted by atomic mass is 9.85. The Hall–Kier alpha value is -1.68. The summed E-state index contributed by atoms with van der Waals surface area (Å²) in [5, 5.41) is 4.13. The van der Waals surface area contributed by atoms with E-state index in [9.17, 15) is 4.79 Å². The van der Waals surface area contributed by atoms with Crippen LogP contribution in [0.5, 0.6) is 0 Å². The van der Waals surface area contributed by atoms with Crippen LogP contribution in [0.1, 0.15) is 34.7 Å². The van der Waals surface area contributed by atoms with Crippen molar-refractivity contribution in [2.24, 2.45) is 5.92 Å². The minimum Gasteiger partial charge on any atom is -0.355 e. The number of hydrogen-bond donors (Lipinski definition) is 1. The Morgan fingerprint density at radius 3 is 2.81 bits per heavy atom. The molecule has 0 aliphatic heterocycles. The number of rotatable bonds is 6. The molecule has 3 rings (SSSR count). The van der Waals surface area contributed by atoms with Crippen molar-refractivity contribution in [1.82, 2.24) is 10.3 Å².